The van der Waals surface area contributed by atoms with Crippen molar-refractivity contribution in [3.05, 3.63) is 34.9 Å². The molecule has 1 fully saturated rings. The quantitative estimate of drug-likeness (QED) is 0.845. The number of benzene rings is 1. The molecule has 21 heavy (non-hydrogen) atoms. The van der Waals surface area contributed by atoms with Gasteiger partial charge in [0.05, 0.1) is 0 Å². The zero-order valence-corrected chi connectivity index (χ0v) is 12.1. The molecule has 3 rings (SSSR count). The molecule has 2 aliphatic heterocycles. The predicted molar refractivity (Wildman–Crippen MR) is 79.7 cm³/mol. The molecule has 1 aromatic rings. The fourth-order valence-corrected chi connectivity index (χ4v) is 3.25. The Hall–Kier alpha value is -1.88. The van der Waals surface area contributed by atoms with Gasteiger partial charge in [-0.05, 0) is 55.5 Å². The van der Waals surface area contributed by atoms with Crippen molar-refractivity contribution in [2.45, 2.75) is 38.3 Å². The zero-order valence-electron chi connectivity index (χ0n) is 12.1. The number of primary amides is 1. The van der Waals surface area contributed by atoms with Crippen molar-refractivity contribution in [3.63, 3.8) is 0 Å². The van der Waals surface area contributed by atoms with Crippen molar-refractivity contribution < 1.29 is 9.59 Å². The first-order valence-electron chi connectivity index (χ1n) is 7.59. The Bertz CT molecular complexity index is 571. The highest BCUT2D eigenvalue weighted by Gasteiger charge is 2.31. The highest BCUT2D eigenvalue weighted by molar-refractivity contribution is 5.97. The molecular formula is C16H21N3O2. The van der Waals surface area contributed by atoms with Gasteiger partial charge in [0.1, 0.15) is 6.04 Å². The molecule has 3 N–H and O–H groups in total. The number of carbonyl (C=O) groups is 2. The van der Waals surface area contributed by atoms with Crippen LogP contribution in [0.25, 0.3) is 0 Å². The second-order valence-corrected chi connectivity index (χ2v) is 5.82. The molecule has 2 amide bonds. The summed E-state index contributed by atoms with van der Waals surface area (Å²) in [6.45, 7) is 2.40. The molecule has 2 heterocycles. The SMILES string of the molecule is NC(=O)C1CCCCN1C(=O)c1ccc2c(c1)CNCC2. The topological polar surface area (TPSA) is 75.4 Å². The second-order valence-electron chi connectivity index (χ2n) is 5.82. The van der Waals surface area contributed by atoms with E-state index in [0.717, 1.165) is 32.4 Å². The van der Waals surface area contributed by atoms with Gasteiger partial charge in [-0.2, -0.15) is 0 Å². The lowest BCUT2D eigenvalue weighted by atomic mass is 9.96. The number of likely N-dealkylation sites (tertiary alicyclic amines) is 1. The third kappa shape index (κ3) is 2.78. The molecule has 112 valence electrons. The molecule has 0 aromatic heterocycles. The summed E-state index contributed by atoms with van der Waals surface area (Å²) < 4.78 is 0. The summed E-state index contributed by atoms with van der Waals surface area (Å²) >= 11 is 0. The third-order valence-corrected chi connectivity index (χ3v) is 4.43. The van der Waals surface area contributed by atoms with Crippen LogP contribution in [0.2, 0.25) is 0 Å². The molecule has 1 atom stereocenters. The largest absolute Gasteiger partial charge is 0.368 e. The van der Waals surface area contributed by atoms with E-state index in [1.807, 2.05) is 18.2 Å². The summed E-state index contributed by atoms with van der Waals surface area (Å²) in [7, 11) is 0. The summed E-state index contributed by atoms with van der Waals surface area (Å²) in [6.07, 6.45) is 3.55. The normalized spacial score (nSPS) is 21.7. The van der Waals surface area contributed by atoms with Crippen LogP contribution in [0.5, 0.6) is 0 Å². The van der Waals surface area contributed by atoms with Crippen LogP contribution in [-0.2, 0) is 17.8 Å². The van der Waals surface area contributed by atoms with Crippen LogP contribution in [0, 0.1) is 0 Å². The zero-order chi connectivity index (χ0) is 14.8. The minimum Gasteiger partial charge on any atom is -0.368 e. The molecular weight excluding hydrogens is 266 g/mol. The van der Waals surface area contributed by atoms with Gasteiger partial charge in [0, 0.05) is 18.7 Å². The van der Waals surface area contributed by atoms with E-state index < -0.39 is 11.9 Å². The van der Waals surface area contributed by atoms with Crippen LogP contribution >= 0.6 is 0 Å². The summed E-state index contributed by atoms with van der Waals surface area (Å²) in [5.41, 5.74) is 8.58. The van der Waals surface area contributed by atoms with Crippen LogP contribution in [0.3, 0.4) is 0 Å². The third-order valence-electron chi connectivity index (χ3n) is 4.43. The van der Waals surface area contributed by atoms with Gasteiger partial charge in [0.25, 0.3) is 5.91 Å². The van der Waals surface area contributed by atoms with E-state index in [4.69, 9.17) is 5.73 Å². The van der Waals surface area contributed by atoms with Crippen molar-refractivity contribution in [3.8, 4) is 0 Å². The van der Waals surface area contributed by atoms with E-state index in [1.54, 1.807) is 4.90 Å². The Balaban J connectivity index is 1.85. The molecule has 0 bridgehead atoms. The van der Waals surface area contributed by atoms with Gasteiger partial charge in [-0.25, -0.2) is 0 Å². The molecule has 2 aliphatic rings. The Kier molecular flexibility index (Phi) is 3.92. The van der Waals surface area contributed by atoms with E-state index in [-0.39, 0.29) is 5.91 Å². The van der Waals surface area contributed by atoms with Gasteiger partial charge in [-0.1, -0.05) is 6.07 Å². The average molecular weight is 287 g/mol. The smallest absolute Gasteiger partial charge is 0.254 e. The number of amides is 2. The van der Waals surface area contributed by atoms with Crippen molar-refractivity contribution >= 4 is 11.8 Å². The fraction of sp³-hybridized carbons (Fsp3) is 0.500. The lowest BCUT2D eigenvalue weighted by Crippen LogP contribution is -2.50. The predicted octanol–water partition coefficient (Wildman–Crippen LogP) is 0.812. The van der Waals surface area contributed by atoms with E-state index in [0.29, 0.717) is 18.5 Å². The summed E-state index contributed by atoms with van der Waals surface area (Å²) in [4.78, 5) is 25.9. The van der Waals surface area contributed by atoms with Crippen LogP contribution < -0.4 is 11.1 Å². The molecule has 0 saturated carbocycles. The van der Waals surface area contributed by atoms with Crippen LogP contribution in [0.1, 0.15) is 40.7 Å². The Morgan fingerprint density at radius 1 is 1.24 bits per heavy atom. The maximum Gasteiger partial charge on any atom is 0.254 e. The monoisotopic (exact) mass is 287 g/mol. The molecule has 1 unspecified atom stereocenters. The number of carbonyl (C=O) groups excluding carboxylic acids is 2. The number of nitrogens with one attached hydrogen (secondary N) is 1. The molecule has 1 aromatic carbocycles. The summed E-state index contributed by atoms with van der Waals surface area (Å²) in [5.74, 6) is -0.477. The van der Waals surface area contributed by atoms with E-state index in [9.17, 15) is 9.59 Å². The maximum absolute atomic E-state index is 12.7. The van der Waals surface area contributed by atoms with E-state index in [1.165, 1.54) is 11.1 Å². The molecule has 1 saturated heterocycles. The van der Waals surface area contributed by atoms with Crippen molar-refractivity contribution in [1.82, 2.24) is 10.2 Å². The summed E-state index contributed by atoms with van der Waals surface area (Å²) in [5, 5.41) is 3.31. The van der Waals surface area contributed by atoms with Gasteiger partial charge in [-0.15, -0.1) is 0 Å². The minimum absolute atomic E-state index is 0.0770. The van der Waals surface area contributed by atoms with Gasteiger partial charge in [0.15, 0.2) is 0 Å². The van der Waals surface area contributed by atoms with Gasteiger partial charge in [0.2, 0.25) is 5.91 Å². The molecule has 0 aliphatic carbocycles. The van der Waals surface area contributed by atoms with Crippen molar-refractivity contribution in [1.29, 1.82) is 0 Å². The number of hydrogen-bond acceptors (Lipinski definition) is 3. The second kappa shape index (κ2) is 5.85. The fourth-order valence-electron chi connectivity index (χ4n) is 3.25. The Labute approximate surface area is 124 Å². The maximum atomic E-state index is 12.7. The van der Waals surface area contributed by atoms with Crippen LogP contribution in [0.4, 0.5) is 0 Å². The highest BCUT2D eigenvalue weighted by atomic mass is 16.2. The Morgan fingerprint density at radius 2 is 2.10 bits per heavy atom. The minimum atomic E-state index is -0.458. The van der Waals surface area contributed by atoms with E-state index in [2.05, 4.69) is 5.32 Å². The lowest BCUT2D eigenvalue weighted by molar-refractivity contribution is -0.123. The average Bonchev–Trinajstić information content (AvgIpc) is 2.53. The van der Waals surface area contributed by atoms with E-state index >= 15 is 0 Å². The number of nitrogens with zero attached hydrogens (tertiary/aromatic N) is 1. The number of piperidine rings is 1. The summed E-state index contributed by atoms with van der Waals surface area (Å²) in [6, 6.07) is 5.41. The van der Waals surface area contributed by atoms with Gasteiger partial charge >= 0.3 is 0 Å². The first-order chi connectivity index (χ1) is 10.2. The van der Waals surface area contributed by atoms with Crippen molar-refractivity contribution in [2.24, 2.45) is 5.73 Å². The van der Waals surface area contributed by atoms with Crippen LogP contribution in [0.15, 0.2) is 18.2 Å². The first-order valence-corrected chi connectivity index (χ1v) is 7.59. The number of rotatable bonds is 2. The van der Waals surface area contributed by atoms with Gasteiger partial charge in [-0.3, -0.25) is 9.59 Å². The standard InChI is InChI=1S/C16H21N3O2/c17-15(20)14-3-1-2-8-19(14)16(21)12-5-4-11-6-7-18-10-13(11)9-12/h4-5,9,14,18H,1-3,6-8,10H2,(H2,17,20). The molecule has 0 spiro atoms. The number of nitrogens with two attached hydrogens (primary N) is 1. The highest BCUT2D eigenvalue weighted by Crippen LogP contribution is 2.22. The molecule has 5 nitrogen and oxygen atoms in total. The number of fused-ring (bicyclic) bond motifs is 1. The lowest BCUT2D eigenvalue weighted by Gasteiger charge is -2.34. The Morgan fingerprint density at radius 3 is 2.90 bits per heavy atom. The molecule has 5 heteroatoms. The molecule has 0 radical (unpaired) electrons. The number of hydrogen-bond donors (Lipinski definition) is 2. The van der Waals surface area contributed by atoms with Crippen molar-refractivity contribution in [2.75, 3.05) is 13.1 Å². The van der Waals surface area contributed by atoms with Gasteiger partial charge < -0.3 is 16.0 Å². The van der Waals surface area contributed by atoms with Crippen LogP contribution in [-0.4, -0.2) is 35.8 Å². The first kappa shape index (κ1) is 14.1.